The summed E-state index contributed by atoms with van der Waals surface area (Å²) < 4.78 is 47.9. The van der Waals surface area contributed by atoms with Crippen LogP contribution in [0.1, 0.15) is 40.0 Å². The Balaban J connectivity index is 0. The van der Waals surface area contributed by atoms with Gasteiger partial charge in [0.15, 0.2) is 11.7 Å². The second kappa shape index (κ2) is 17.3. The SMILES string of the molecule is C=C(O)/C=C\C(=C)C(=C)/C(F)=C(/F)C(=C)C(C)CCC(C)C(=C)/C(F)=C\C(=C)OC.C=CCC. The Bertz CT molecular complexity index is 885. The number of hydrogen-bond donors (Lipinski definition) is 1. The second-order valence-corrected chi connectivity index (χ2v) is 7.75. The smallest absolute Gasteiger partial charge is 0.166 e. The lowest BCUT2D eigenvalue weighted by atomic mass is 9.88. The first-order chi connectivity index (χ1) is 15.7. The van der Waals surface area contributed by atoms with E-state index in [0.29, 0.717) is 12.8 Å². The largest absolute Gasteiger partial charge is 0.509 e. The van der Waals surface area contributed by atoms with Crippen molar-refractivity contribution >= 4 is 0 Å². The van der Waals surface area contributed by atoms with E-state index in [1.54, 1.807) is 13.8 Å². The van der Waals surface area contributed by atoms with Gasteiger partial charge in [-0.05, 0) is 53.9 Å². The normalized spacial score (nSPS) is 13.6. The van der Waals surface area contributed by atoms with Crippen LogP contribution in [0.3, 0.4) is 0 Å². The van der Waals surface area contributed by atoms with Gasteiger partial charge in [0.1, 0.15) is 17.3 Å². The van der Waals surface area contributed by atoms with Gasteiger partial charge in [-0.2, -0.15) is 0 Å². The Morgan fingerprint density at radius 2 is 1.35 bits per heavy atom. The van der Waals surface area contributed by atoms with Crippen LogP contribution < -0.4 is 0 Å². The van der Waals surface area contributed by atoms with E-state index < -0.39 is 23.4 Å². The Kier molecular flexibility index (Phi) is 16.8. The summed E-state index contributed by atoms with van der Waals surface area (Å²) in [5, 5.41) is 9.03. The second-order valence-electron chi connectivity index (χ2n) is 7.75. The average molecular weight is 477 g/mol. The van der Waals surface area contributed by atoms with Crippen molar-refractivity contribution in [2.24, 2.45) is 11.8 Å². The maximum atomic E-state index is 14.5. The van der Waals surface area contributed by atoms with Crippen molar-refractivity contribution in [3.63, 3.8) is 0 Å². The molecule has 0 aliphatic carbocycles. The molecule has 0 aliphatic heterocycles. The standard InChI is InChI=1S/C25H31F3O2.C4H8/c1-15(20(6)23(26)14-19(5)30-9)10-11-16(2)21(7)24(27)25(28)22(8)17(3)12-13-18(4)29;1-3-4-2/h12-16,29H,3-8,10-11H2,1-2,9H3;3H,1,4H2,2H3/b13-12-,23-14+,25-24-;. The average Bonchev–Trinajstić information content (AvgIpc) is 2.82. The Morgan fingerprint density at radius 3 is 1.76 bits per heavy atom. The summed E-state index contributed by atoms with van der Waals surface area (Å²) >= 11 is 0. The van der Waals surface area contributed by atoms with Gasteiger partial charge in [-0.15, -0.1) is 6.58 Å². The van der Waals surface area contributed by atoms with E-state index in [9.17, 15) is 13.2 Å². The van der Waals surface area contributed by atoms with Crippen molar-refractivity contribution in [3.8, 4) is 0 Å². The van der Waals surface area contributed by atoms with Crippen molar-refractivity contribution in [1.29, 1.82) is 0 Å². The minimum Gasteiger partial charge on any atom is -0.509 e. The van der Waals surface area contributed by atoms with Crippen LogP contribution in [0.4, 0.5) is 13.2 Å². The van der Waals surface area contributed by atoms with E-state index >= 15 is 0 Å². The third-order valence-electron chi connectivity index (χ3n) is 4.97. The maximum absolute atomic E-state index is 14.5. The molecule has 188 valence electrons. The number of methoxy groups -OCH3 is 1. The maximum Gasteiger partial charge on any atom is 0.166 e. The van der Waals surface area contributed by atoms with Crippen molar-refractivity contribution in [3.05, 3.63) is 122 Å². The molecule has 2 nitrogen and oxygen atoms in total. The molecule has 0 rings (SSSR count). The minimum absolute atomic E-state index is 0.0291. The molecule has 0 saturated heterocycles. The lowest BCUT2D eigenvalue weighted by Crippen LogP contribution is -2.06. The number of allylic oxidation sites excluding steroid dienone is 11. The van der Waals surface area contributed by atoms with Crippen molar-refractivity contribution in [1.82, 2.24) is 0 Å². The summed E-state index contributed by atoms with van der Waals surface area (Å²) in [4.78, 5) is 0. The monoisotopic (exact) mass is 476 g/mol. The lowest BCUT2D eigenvalue weighted by molar-refractivity contribution is 0.307. The molecule has 2 unspecified atom stereocenters. The van der Waals surface area contributed by atoms with Crippen molar-refractivity contribution in [2.45, 2.75) is 40.0 Å². The quantitative estimate of drug-likeness (QED) is 0.154. The first-order valence-electron chi connectivity index (χ1n) is 10.8. The van der Waals surface area contributed by atoms with Crippen molar-refractivity contribution < 1.29 is 23.0 Å². The van der Waals surface area contributed by atoms with E-state index in [4.69, 9.17) is 9.84 Å². The Labute approximate surface area is 203 Å². The lowest BCUT2D eigenvalue weighted by Gasteiger charge is -2.18. The van der Waals surface area contributed by atoms with Gasteiger partial charge in [0, 0.05) is 11.6 Å². The summed E-state index contributed by atoms with van der Waals surface area (Å²) in [7, 11) is 1.39. The highest BCUT2D eigenvalue weighted by Crippen LogP contribution is 2.33. The molecule has 0 aromatic rings. The van der Waals surface area contributed by atoms with Gasteiger partial charge in [0.2, 0.25) is 0 Å². The van der Waals surface area contributed by atoms with Gasteiger partial charge in [-0.1, -0.05) is 72.4 Å². The molecule has 0 spiro atoms. The Hall–Kier alpha value is -3.21. The van der Waals surface area contributed by atoms with E-state index in [0.717, 1.165) is 12.5 Å². The van der Waals surface area contributed by atoms with Crippen LogP contribution in [0.5, 0.6) is 0 Å². The molecule has 0 radical (unpaired) electrons. The summed E-state index contributed by atoms with van der Waals surface area (Å²) in [6, 6.07) is 0. The molecular weight excluding hydrogens is 437 g/mol. The number of aliphatic hydroxyl groups is 1. The predicted octanol–water partition coefficient (Wildman–Crippen LogP) is 9.64. The predicted molar refractivity (Wildman–Crippen MR) is 140 cm³/mol. The molecule has 0 amide bonds. The first kappa shape index (κ1) is 33.0. The van der Waals surface area contributed by atoms with E-state index in [-0.39, 0.29) is 39.7 Å². The highest BCUT2D eigenvalue weighted by Gasteiger charge is 2.20. The van der Waals surface area contributed by atoms with Crippen LogP contribution in [0, 0.1) is 11.8 Å². The highest BCUT2D eigenvalue weighted by atomic mass is 19.2. The molecule has 0 aliphatic rings. The number of halogens is 3. The van der Waals surface area contributed by atoms with Gasteiger partial charge in [-0.25, -0.2) is 13.2 Å². The fraction of sp³-hybridized carbons (Fsp3) is 0.310. The topological polar surface area (TPSA) is 29.5 Å². The van der Waals surface area contributed by atoms with Gasteiger partial charge < -0.3 is 9.84 Å². The fourth-order valence-electron chi connectivity index (χ4n) is 2.30. The molecule has 5 heteroatoms. The number of ether oxygens (including phenoxy) is 1. The molecule has 0 saturated carbocycles. The molecular formula is C29H39F3O2. The molecule has 0 aromatic heterocycles. The molecule has 0 bridgehead atoms. The van der Waals surface area contributed by atoms with Gasteiger partial charge in [-0.3, -0.25) is 0 Å². The number of rotatable bonds is 14. The van der Waals surface area contributed by atoms with E-state index in [1.807, 2.05) is 6.08 Å². The van der Waals surface area contributed by atoms with Gasteiger partial charge >= 0.3 is 0 Å². The molecule has 1 N–H and O–H groups in total. The van der Waals surface area contributed by atoms with Crippen LogP contribution in [0.25, 0.3) is 0 Å². The molecule has 0 aromatic carbocycles. The minimum atomic E-state index is -1.17. The van der Waals surface area contributed by atoms with Gasteiger partial charge in [0.05, 0.1) is 7.11 Å². The number of aliphatic hydroxyl groups excluding tert-OH is 1. The van der Waals surface area contributed by atoms with Crippen LogP contribution in [0.15, 0.2) is 122 Å². The zero-order valence-corrected chi connectivity index (χ0v) is 21.0. The number of hydrogen-bond acceptors (Lipinski definition) is 2. The van der Waals surface area contributed by atoms with Crippen LogP contribution >= 0.6 is 0 Å². The Morgan fingerprint density at radius 1 is 0.882 bits per heavy atom. The first-order valence-corrected chi connectivity index (χ1v) is 10.8. The summed E-state index contributed by atoms with van der Waals surface area (Å²) in [6.07, 6.45) is 7.51. The van der Waals surface area contributed by atoms with E-state index in [1.165, 1.54) is 19.3 Å². The zero-order chi connectivity index (χ0) is 27.0. The van der Waals surface area contributed by atoms with Gasteiger partial charge in [0.25, 0.3) is 0 Å². The summed E-state index contributed by atoms with van der Waals surface area (Å²) in [6.45, 7) is 30.3. The summed E-state index contributed by atoms with van der Waals surface area (Å²) in [5.41, 5.74) is 0.0718. The fourth-order valence-corrected chi connectivity index (χ4v) is 2.30. The molecule has 0 fully saturated rings. The zero-order valence-electron chi connectivity index (χ0n) is 21.0. The highest BCUT2D eigenvalue weighted by molar-refractivity contribution is 5.50. The molecule has 34 heavy (non-hydrogen) atoms. The van der Waals surface area contributed by atoms with Crippen molar-refractivity contribution in [2.75, 3.05) is 7.11 Å². The third kappa shape index (κ3) is 12.7. The van der Waals surface area contributed by atoms with Crippen LogP contribution in [0.2, 0.25) is 0 Å². The molecule has 2 atom stereocenters. The van der Waals surface area contributed by atoms with Crippen LogP contribution in [-0.4, -0.2) is 12.2 Å². The van der Waals surface area contributed by atoms with E-state index in [2.05, 4.69) is 53.0 Å². The van der Waals surface area contributed by atoms with Crippen LogP contribution in [-0.2, 0) is 4.74 Å². The summed E-state index contributed by atoms with van der Waals surface area (Å²) in [5.74, 6) is -3.53. The molecule has 0 heterocycles. The third-order valence-corrected chi connectivity index (χ3v) is 4.97.